The molecule has 126 heavy (non-hydrogen) atoms. The van der Waals surface area contributed by atoms with E-state index >= 15 is 0 Å². The SMILES string of the molecule is c1ccc2cc3c(cc2c1)c1ccccc1n3-c1cccc2cc3c4ccccc4n(-c4ccc(-c5nc(-c6ccc7oc8ccccc8c7c6)c6ccccc6n5)cc4)c3cc12.c1ccc2cc3c(cc2c1)c1ccccc1n3-c1cccc2cc3c4ccccc4n(-c4ccc(-c5nc(-c6ccc7sc8ccccc8c7c6)c6ccccc6n5)cc4)c3cc12. The van der Waals surface area contributed by atoms with Crippen LogP contribution >= 0.6 is 11.3 Å². The fraction of sp³-hybridized carbons (Fsp3) is 0. The van der Waals surface area contributed by atoms with Gasteiger partial charge in [0.1, 0.15) is 11.2 Å². The van der Waals surface area contributed by atoms with Gasteiger partial charge >= 0.3 is 0 Å². The number of para-hydroxylation sites is 7. The zero-order valence-corrected chi connectivity index (χ0v) is 68.5. The number of hydrogen-bond donors (Lipinski definition) is 0. The maximum Gasteiger partial charge on any atom is 0.160 e. The standard InChI is InChI=1S/C58H34N4O.C58H34N4S/c2*1-2-13-37-33-53-46(30-36(37)12-1)42-16-5-9-21-51(42)62(53)52-22-11-14-38-31-47-41-15-4-8-20-50(41)61(54(47)34-45(38)52)40-27-24-35(25-28-40)58-59-49-19-7-3-18-44(49)57(60-58)39-26-29-56-48(32-39)43-17-6-10-23-55(43)63-56/h2*1-34H. The van der Waals surface area contributed by atoms with Gasteiger partial charge in [0.05, 0.1) is 77.9 Å². The van der Waals surface area contributed by atoms with Crippen LogP contribution in [0, 0.1) is 0 Å². The van der Waals surface area contributed by atoms with Crippen LogP contribution in [-0.4, -0.2) is 38.2 Å². The van der Waals surface area contributed by atoms with E-state index in [4.69, 9.17) is 24.4 Å². The summed E-state index contributed by atoms with van der Waals surface area (Å²) in [7, 11) is 0. The first-order valence-electron chi connectivity index (χ1n) is 42.8. The molecule has 0 bridgehead atoms. The number of fused-ring (bicyclic) bond motifs is 24. The van der Waals surface area contributed by atoms with Gasteiger partial charge in [0.25, 0.3) is 0 Å². The topological polar surface area (TPSA) is 84.4 Å². The first-order chi connectivity index (χ1) is 62.4. The molecule has 28 rings (SSSR count). The van der Waals surface area contributed by atoms with Crippen molar-refractivity contribution in [1.82, 2.24) is 38.2 Å². The molecule has 584 valence electrons. The van der Waals surface area contributed by atoms with Crippen LogP contribution in [0.1, 0.15) is 0 Å². The van der Waals surface area contributed by atoms with Gasteiger partial charge in [0.15, 0.2) is 11.6 Å². The number of aromatic nitrogens is 8. The highest BCUT2D eigenvalue weighted by Crippen LogP contribution is 2.46. The average molecular weight is 1620 g/mol. The Kier molecular flexibility index (Phi) is 15.3. The van der Waals surface area contributed by atoms with Crippen molar-refractivity contribution >= 4 is 206 Å². The van der Waals surface area contributed by atoms with Gasteiger partial charge < -0.3 is 22.7 Å². The zero-order chi connectivity index (χ0) is 82.3. The molecule has 0 spiro atoms. The summed E-state index contributed by atoms with van der Waals surface area (Å²) in [5.74, 6) is 1.39. The number of hydrogen-bond acceptors (Lipinski definition) is 6. The first-order valence-corrected chi connectivity index (χ1v) is 43.6. The second kappa shape index (κ2) is 27.4. The molecule has 0 aliphatic heterocycles. The predicted octanol–water partition coefficient (Wildman–Crippen LogP) is 31.2. The number of thiophene rings is 1. The molecule has 8 aromatic heterocycles. The maximum absolute atomic E-state index is 6.17. The Hall–Kier alpha value is -16.7. The summed E-state index contributed by atoms with van der Waals surface area (Å²) in [6, 6.07) is 149. The Morgan fingerprint density at radius 1 is 0.190 bits per heavy atom. The first kappa shape index (κ1) is 70.1. The minimum Gasteiger partial charge on any atom is -0.456 e. The van der Waals surface area contributed by atoms with Crippen LogP contribution in [0.2, 0.25) is 0 Å². The fourth-order valence-corrected chi connectivity index (χ4v) is 21.4. The molecule has 10 heteroatoms. The van der Waals surface area contributed by atoms with Crippen LogP contribution in [0.25, 0.3) is 262 Å². The highest BCUT2D eigenvalue weighted by Gasteiger charge is 2.25. The molecule has 0 aliphatic carbocycles. The average Bonchev–Trinajstić information content (AvgIpc) is 1.56. The Bertz CT molecular complexity index is 8970. The molecule has 9 nitrogen and oxygen atoms in total. The monoisotopic (exact) mass is 1620 g/mol. The van der Waals surface area contributed by atoms with E-state index < -0.39 is 0 Å². The number of nitrogens with zero attached hydrogens (tertiary/aromatic N) is 8. The van der Waals surface area contributed by atoms with Crippen LogP contribution in [-0.2, 0) is 0 Å². The second-order valence-electron chi connectivity index (χ2n) is 33.1. The van der Waals surface area contributed by atoms with Gasteiger partial charge in [-0.15, -0.1) is 11.3 Å². The molecule has 0 saturated heterocycles. The molecule has 0 fully saturated rings. The van der Waals surface area contributed by atoms with Gasteiger partial charge in [-0.1, -0.05) is 224 Å². The fourth-order valence-electron chi connectivity index (χ4n) is 20.3. The lowest BCUT2D eigenvalue weighted by Gasteiger charge is -2.14. The maximum atomic E-state index is 6.17. The minimum absolute atomic E-state index is 0.684. The number of rotatable bonds is 8. The molecule has 0 saturated carbocycles. The van der Waals surface area contributed by atoms with E-state index in [9.17, 15) is 0 Å². The van der Waals surface area contributed by atoms with E-state index in [2.05, 4.69) is 413 Å². The molecule has 0 radical (unpaired) electrons. The quantitative estimate of drug-likeness (QED) is 0.151. The second-order valence-corrected chi connectivity index (χ2v) is 34.2. The van der Waals surface area contributed by atoms with Crippen LogP contribution in [0.4, 0.5) is 0 Å². The van der Waals surface area contributed by atoms with E-state index in [1.807, 2.05) is 29.5 Å². The molecule has 0 unspecified atom stereocenters. The smallest absolute Gasteiger partial charge is 0.160 e. The van der Waals surface area contributed by atoms with Crippen LogP contribution in [0.3, 0.4) is 0 Å². The summed E-state index contributed by atoms with van der Waals surface area (Å²) < 4.78 is 18.5. The molecule has 0 amide bonds. The Balaban J connectivity index is 0.000000131. The largest absolute Gasteiger partial charge is 0.456 e. The van der Waals surface area contributed by atoms with Crippen molar-refractivity contribution in [2.75, 3.05) is 0 Å². The van der Waals surface area contributed by atoms with Crippen LogP contribution in [0.5, 0.6) is 0 Å². The Morgan fingerprint density at radius 2 is 0.540 bits per heavy atom. The molecule has 8 heterocycles. The Morgan fingerprint density at radius 3 is 1.03 bits per heavy atom. The van der Waals surface area contributed by atoms with E-state index in [0.29, 0.717) is 11.6 Å². The highest BCUT2D eigenvalue weighted by atomic mass is 32.1. The molecule has 0 atom stereocenters. The van der Waals surface area contributed by atoms with Crippen molar-refractivity contribution in [2.45, 2.75) is 0 Å². The van der Waals surface area contributed by atoms with Gasteiger partial charge in [-0.05, 0) is 220 Å². The summed E-state index contributed by atoms with van der Waals surface area (Å²) in [5.41, 5.74) is 23.4. The van der Waals surface area contributed by atoms with Gasteiger partial charge in [-0.25, -0.2) is 19.9 Å². The summed E-state index contributed by atoms with van der Waals surface area (Å²) >= 11 is 1.84. The third-order valence-electron chi connectivity index (χ3n) is 26.1. The molecule has 0 aliphatic rings. The number of benzene rings is 20. The lowest BCUT2D eigenvalue weighted by Crippen LogP contribution is -1.98. The van der Waals surface area contributed by atoms with E-state index in [1.165, 1.54) is 140 Å². The van der Waals surface area contributed by atoms with Gasteiger partial charge in [-0.2, -0.15) is 0 Å². The molecule has 20 aromatic carbocycles. The third-order valence-corrected chi connectivity index (χ3v) is 27.3. The lowest BCUT2D eigenvalue weighted by atomic mass is 10.0. The lowest BCUT2D eigenvalue weighted by molar-refractivity contribution is 0.669. The van der Waals surface area contributed by atoms with Crippen molar-refractivity contribution in [3.05, 3.63) is 413 Å². The van der Waals surface area contributed by atoms with Crippen molar-refractivity contribution in [1.29, 1.82) is 0 Å². The van der Waals surface area contributed by atoms with Crippen molar-refractivity contribution in [3.63, 3.8) is 0 Å². The summed E-state index contributed by atoms with van der Waals surface area (Å²) in [5, 5.41) is 26.5. The van der Waals surface area contributed by atoms with E-state index in [-0.39, 0.29) is 0 Å². The molecule has 28 aromatic rings. The molecular weight excluding hydrogens is 1550 g/mol. The van der Waals surface area contributed by atoms with Crippen molar-refractivity contribution in [2.24, 2.45) is 0 Å². The highest BCUT2D eigenvalue weighted by molar-refractivity contribution is 7.25. The van der Waals surface area contributed by atoms with E-state index in [1.54, 1.807) is 0 Å². The van der Waals surface area contributed by atoms with Gasteiger partial charge in [-0.3, -0.25) is 0 Å². The van der Waals surface area contributed by atoms with Crippen molar-refractivity contribution < 1.29 is 4.42 Å². The predicted molar refractivity (Wildman–Crippen MR) is 528 cm³/mol. The summed E-state index contributed by atoms with van der Waals surface area (Å²) in [6.45, 7) is 0. The van der Waals surface area contributed by atoms with E-state index in [0.717, 1.165) is 111 Å². The normalized spacial score (nSPS) is 12.1. The van der Waals surface area contributed by atoms with Gasteiger partial charge in [0, 0.05) is 129 Å². The summed E-state index contributed by atoms with van der Waals surface area (Å²) in [6.07, 6.45) is 0. The molecular formula is C116H68N8OS. The molecule has 0 N–H and O–H groups in total. The summed E-state index contributed by atoms with van der Waals surface area (Å²) in [4.78, 5) is 20.8. The third kappa shape index (κ3) is 10.8. The Labute approximate surface area is 723 Å². The van der Waals surface area contributed by atoms with Crippen LogP contribution in [0.15, 0.2) is 417 Å². The van der Waals surface area contributed by atoms with Crippen LogP contribution < -0.4 is 0 Å². The number of furan rings is 1. The van der Waals surface area contributed by atoms with Crippen molar-refractivity contribution in [3.8, 4) is 68.0 Å². The minimum atomic E-state index is 0.684. The zero-order valence-electron chi connectivity index (χ0n) is 67.7. The van der Waals surface area contributed by atoms with Gasteiger partial charge in [0.2, 0.25) is 0 Å².